The zero-order valence-corrected chi connectivity index (χ0v) is 13.7. The molecule has 2 N–H and O–H groups in total. The molecule has 0 amide bonds. The lowest BCUT2D eigenvalue weighted by molar-refractivity contribution is -0.137. The van der Waals surface area contributed by atoms with Crippen LogP contribution in [0.4, 0.5) is 0 Å². The third-order valence-corrected chi connectivity index (χ3v) is 4.82. The van der Waals surface area contributed by atoms with Gasteiger partial charge in [0.2, 0.25) is 5.88 Å². The molecule has 0 fully saturated rings. The van der Waals surface area contributed by atoms with Gasteiger partial charge in [-0.05, 0) is 36.9 Å². The van der Waals surface area contributed by atoms with Gasteiger partial charge in [-0.1, -0.05) is 18.2 Å². The van der Waals surface area contributed by atoms with Crippen molar-refractivity contribution in [2.24, 2.45) is 4.99 Å². The summed E-state index contributed by atoms with van der Waals surface area (Å²) in [5.41, 5.74) is 0.760. The Morgan fingerprint density at radius 1 is 1.39 bits per heavy atom. The first-order valence-electron chi connectivity index (χ1n) is 7.06. The van der Waals surface area contributed by atoms with Gasteiger partial charge < -0.3 is 10.2 Å². The van der Waals surface area contributed by atoms with Crippen molar-refractivity contribution in [1.29, 1.82) is 0 Å². The molecule has 0 radical (unpaired) electrons. The number of hydrogen-bond acceptors (Lipinski definition) is 5. The van der Waals surface area contributed by atoms with Crippen LogP contribution in [0.1, 0.15) is 17.7 Å². The molecule has 3 rings (SSSR count). The lowest BCUT2D eigenvalue weighted by Gasteiger charge is -2.02. The average Bonchev–Trinajstić information content (AvgIpc) is 3.02. The number of allylic oxidation sites excluding steroid dienone is 1. The molecule has 7 heteroatoms. The highest BCUT2D eigenvalue weighted by atomic mass is 32.1. The van der Waals surface area contributed by atoms with Gasteiger partial charge in [0.1, 0.15) is 0 Å². The molecule has 1 aromatic carbocycles. The van der Waals surface area contributed by atoms with E-state index in [1.807, 2.05) is 30.3 Å². The van der Waals surface area contributed by atoms with Crippen LogP contribution in [0.25, 0.3) is 12.2 Å². The van der Waals surface area contributed by atoms with Gasteiger partial charge in [-0.2, -0.15) is 0 Å². The summed E-state index contributed by atoms with van der Waals surface area (Å²) in [6.45, 7) is 0.387. The number of fused-ring (bicyclic) bond motifs is 1. The number of aromatic nitrogens is 1. The Kier molecular flexibility index (Phi) is 4.40. The third-order valence-electron chi connectivity index (χ3n) is 3.43. The summed E-state index contributed by atoms with van der Waals surface area (Å²) in [7, 11) is 0. The van der Waals surface area contributed by atoms with Crippen LogP contribution in [-0.2, 0) is 11.3 Å². The van der Waals surface area contributed by atoms with E-state index in [0.29, 0.717) is 21.8 Å². The van der Waals surface area contributed by atoms with Crippen LogP contribution in [-0.4, -0.2) is 20.7 Å². The largest absolute Gasteiger partial charge is 0.493 e. The molecule has 0 atom stereocenters. The van der Waals surface area contributed by atoms with Crippen LogP contribution < -0.4 is 10.6 Å². The van der Waals surface area contributed by atoms with Crippen LogP contribution in [0.15, 0.2) is 35.0 Å². The van der Waals surface area contributed by atoms with Crippen molar-refractivity contribution >= 4 is 41.7 Å². The minimum atomic E-state index is -0.856. The molecule has 1 aromatic heterocycles. The molecule has 0 bridgehead atoms. The maximum atomic E-state index is 10.6. The Labute approximate surface area is 141 Å². The van der Waals surface area contributed by atoms with E-state index >= 15 is 0 Å². The van der Waals surface area contributed by atoms with Crippen molar-refractivity contribution < 1.29 is 15.0 Å². The smallest absolute Gasteiger partial charge is 0.303 e. The van der Waals surface area contributed by atoms with Gasteiger partial charge >= 0.3 is 5.97 Å². The summed E-state index contributed by atoms with van der Waals surface area (Å²) in [5, 5.41) is 21.0. The number of nitrogens with zero attached hydrogens (tertiary/aromatic N) is 2. The molecule has 2 aromatic rings. The van der Waals surface area contributed by atoms with Crippen LogP contribution >= 0.6 is 23.6 Å². The fourth-order valence-electron chi connectivity index (χ4n) is 2.34. The quantitative estimate of drug-likeness (QED) is 0.815. The molecule has 1 aliphatic heterocycles. The molecule has 0 spiro atoms. The Bertz CT molecular complexity index is 933. The predicted octanol–water partition coefficient (Wildman–Crippen LogP) is 2.30. The fraction of sp³-hybridized carbons (Fsp3) is 0.188. The zero-order chi connectivity index (χ0) is 16.4. The minimum Gasteiger partial charge on any atom is -0.493 e. The average molecular weight is 346 g/mol. The summed E-state index contributed by atoms with van der Waals surface area (Å²) < 4.78 is 2.09. The van der Waals surface area contributed by atoms with Crippen molar-refractivity contribution in [3.63, 3.8) is 0 Å². The molecule has 5 nitrogen and oxygen atoms in total. The highest BCUT2D eigenvalue weighted by Gasteiger charge is 2.12. The Hall–Kier alpha value is -2.25. The van der Waals surface area contributed by atoms with Gasteiger partial charge in [-0.3, -0.25) is 9.36 Å². The molecule has 0 saturated carbocycles. The van der Waals surface area contributed by atoms with Crippen LogP contribution in [0.3, 0.4) is 0 Å². The highest BCUT2D eigenvalue weighted by molar-refractivity contribution is 7.73. The number of benzene rings is 1. The third kappa shape index (κ3) is 3.40. The number of para-hydroxylation sites is 1. The van der Waals surface area contributed by atoms with Gasteiger partial charge in [0, 0.05) is 18.2 Å². The molecule has 0 saturated heterocycles. The van der Waals surface area contributed by atoms with Crippen molar-refractivity contribution in [2.75, 3.05) is 0 Å². The molecule has 0 unspecified atom stereocenters. The summed E-state index contributed by atoms with van der Waals surface area (Å²) in [4.78, 5) is 15.7. The first-order valence-corrected chi connectivity index (χ1v) is 8.28. The van der Waals surface area contributed by atoms with E-state index in [2.05, 4.69) is 4.99 Å². The van der Waals surface area contributed by atoms with Crippen molar-refractivity contribution in [1.82, 2.24) is 4.57 Å². The first-order chi connectivity index (χ1) is 11.0. The summed E-state index contributed by atoms with van der Waals surface area (Å²) >= 11 is 6.54. The summed E-state index contributed by atoms with van der Waals surface area (Å²) in [6, 6.07) is 7.80. The molecular weight excluding hydrogens is 332 g/mol. The zero-order valence-electron chi connectivity index (χ0n) is 12.1. The molecule has 23 heavy (non-hydrogen) atoms. The number of aliphatic carboxylic acids is 1. The van der Waals surface area contributed by atoms with Crippen molar-refractivity contribution in [3.8, 4) is 5.88 Å². The molecule has 1 aliphatic rings. The van der Waals surface area contributed by atoms with Gasteiger partial charge in [0.05, 0.1) is 15.9 Å². The van der Waals surface area contributed by atoms with Crippen LogP contribution in [0, 0.1) is 3.95 Å². The Morgan fingerprint density at radius 3 is 2.91 bits per heavy atom. The standard InChI is InChI=1S/C16H14N2O3S2/c19-14(20)6-3-7-18-15(21)13(23-16(18)22)9-11-8-10-4-1-2-5-12(10)17-11/h1-2,4-5,8-9,21H,3,6-7H2,(H,19,20)/b11-9+. The van der Waals surface area contributed by atoms with E-state index < -0.39 is 5.97 Å². The first kappa shape index (κ1) is 15.6. The van der Waals surface area contributed by atoms with Gasteiger partial charge in [-0.25, -0.2) is 4.99 Å². The predicted molar refractivity (Wildman–Crippen MR) is 91.3 cm³/mol. The number of carbonyl (C=O) groups is 1. The van der Waals surface area contributed by atoms with Crippen molar-refractivity contribution in [3.05, 3.63) is 49.4 Å². The number of carboxylic acids is 1. The lowest BCUT2D eigenvalue weighted by Crippen LogP contribution is -2.19. The molecule has 2 heterocycles. The molecule has 0 aliphatic carbocycles. The van der Waals surface area contributed by atoms with E-state index in [1.54, 1.807) is 10.6 Å². The molecular formula is C16H14N2O3S2. The number of rotatable bonds is 5. The van der Waals surface area contributed by atoms with Crippen LogP contribution in [0.2, 0.25) is 0 Å². The fourth-order valence-corrected chi connectivity index (χ4v) is 3.65. The number of hydrogen-bond donors (Lipinski definition) is 2. The van der Waals surface area contributed by atoms with Crippen molar-refractivity contribution in [2.45, 2.75) is 19.4 Å². The highest BCUT2D eigenvalue weighted by Crippen LogP contribution is 2.29. The summed E-state index contributed by atoms with van der Waals surface area (Å²) in [6.07, 6.45) is 4.22. The topological polar surface area (TPSA) is 74.8 Å². The molecule has 118 valence electrons. The van der Waals surface area contributed by atoms with E-state index in [-0.39, 0.29) is 12.3 Å². The van der Waals surface area contributed by atoms with Crippen LogP contribution in [0.5, 0.6) is 5.88 Å². The monoisotopic (exact) mass is 346 g/mol. The second-order valence-electron chi connectivity index (χ2n) is 5.09. The minimum absolute atomic E-state index is 0.0475. The van der Waals surface area contributed by atoms with Gasteiger partial charge in [0.15, 0.2) is 3.95 Å². The normalized spacial score (nSPS) is 14.3. The lowest BCUT2D eigenvalue weighted by atomic mass is 10.3. The van der Waals surface area contributed by atoms with E-state index in [4.69, 9.17) is 17.3 Å². The number of thiazole rings is 1. The summed E-state index contributed by atoms with van der Waals surface area (Å²) in [5.74, 6) is -0.789. The second kappa shape index (κ2) is 6.47. The Morgan fingerprint density at radius 2 is 2.17 bits per heavy atom. The number of carboxylic acid groups (broad SMARTS) is 1. The SMILES string of the molecule is O=C(O)CCCn1c(O)c(/C=C2\C=c3ccccc3=N2)sc1=S. The van der Waals surface area contributed by atoms with E-state index in [0.717, 1.165) is 16.3 Å². The maximum Gasteiger partial charge on any atom is 0.303 e. The van der Waals surface area contributed by atoms with E-state index in [9.17, 15) is 9.90 Å². The second-order valence-corrected chi connectivity index (χ2v) is 6.76. The number of aromatic hydroxyl groups is 1. The van der Waals surface area contributed by atoms with Gasteiger partial charge in [0.25, 0.3) is 0 Å². The Balaban J connectivity index is 1.88. The van der Waals surface area contributed by atoms with E-state index in [1.165, 1.54) is 11.3 Å². The maximum absolute atomic E-state index is 10.6. The van der Waals surface area contributed by atoms with Gasteiger partial charge in [-0.15, -0.1) is 11.3 Å².